The minimum absolute atomic E-state index is 0.0670. The van der Waals surface area contributed by atoms with Crippen molar-refractivity contribution in [2.45, 2.75) is 26.4 Å². The first-order valence-corrected chi connectivity index (χ1v) is 7.25. The molecule has 3 nitrogen and oxygen atoms in total. The molecule has 0 saturated carbocycles. The number of hydrogen-bond acceptors (Lipinski definition) is 2. The van der Waals surface area contributed by atoms with E-state index in [1.807, 2.05) is 19.9 Å². The van der Waals surface area contributed by atoms with Crippen molar-refractivity contribution in [1.29, 1.82) is 0 Å². The predicted molar refractivity (Wildman–Crippen MR) is 78.4 cm³/mol. The van der Waals surface area contributed by atoms with Gasteiger partial charge >= 0.3 is 0 Å². The van der Waals surface area contributed by atoms with Gasteiger partial charge in [0.25, 0.3) is 0 Å². The van der Waals surface area contributed by atoms with E-state index in [1.165, 1.54) is 0 Å². The molecule has 5 heteroatoms. The molecule has 1 unspecified atom stereocenters. The second-order valence-corrected chi connectivity index (χ2v) is 5.73. The highest BCUT2D eigenvalue weighted by Gasteiger charge is 2.30. The van der Waals surface area contributed by atoms with Crippen molar-refractivity contribution in [2.75, 3.05) is 17.3 Å². The smallest absolute Gasteiger partial charge is 0.227 e. The number of carbonyl (C=O) groups is 1. The van der Waals surface area contributed by atoms with Crippen LogP contribution in [0.2, 0.25) is 5.02 Å². The van der Waals surface area contributed by atoms with Crippen LogP contribution < -0.4 is 9.64 Å². The maximum absolute atomic E-state index is 11.9. The van der Waals surface area contributed by atoms with E-state index in [0.29, 0.717) is 29.6 Å². The molecule has 0 aliphatic carbocycles. The van der Waals surface area contributed by atoms with Gasteiger partial charge in [0.1, 0.15) is 5.75 Å². The number of halogens is 2. The van der Waals surface area contributed by atoms with Crippen molar-refractivity contribution in [1.82, 2.24) is 0 Å². The quantitative estimate of drug-likeness (QED) is 0.793. The number of hydrogen-bond donors (Lipinski definition) is 0. The molecular formula is C14H17Cl2NO2. The van der Waals surface area contributed by atoms with Gasteiger partial charge in [-0.3, -0.25) is 4.79 Å². The van der Waals surface area contributed by atoms with E-state index in [9.17, 15) is 4.79 Å². The van der Waals surface area contributed by atoms with Gasteiger partial charge in [-0.15, -0.1) is 11.6 Å². The first-order chi connectivity index (χ1) is 9.01. The van der Waals surface area contributed by atoms with E-state index in [-0.39, 0.29) is 17.9 Å². The fourth-order valence-corrected chi connectivity index (χ4v) is 2.57. The molecule has 0 bridgehead atoms. The van der Waals surface area contributed by atoms with Gasteiger partial charge in [0.15, 0.2) is 0 Å². The Morgan fingerprint density at radius 1 is 1.47 bits per heavy atom. The van der Waals surface area contributed by atoms with E-state index in [4.69, 9.17) is 27.9 Å². The van der Waals surface area contributed by atoms with E-state index >= 15 is 0 Å². The summed E-state index contributed by atoms with van der Waals surface area (Å²) in [5.41, 5.74) is 0.804. The van der Waals surface area contributed by atoms with Crippen molar-refractivity contribution in [2.24, 2.45) is 5.92 Å². The Hall–Kier alpha value is -0.930. The van der Waals surface area contributed by atoms with Gasteiger partial charge < -0.3 is 9.64 Å². The van der Waals surface area contributed by atoms with E-state index in [2.05, 4.69) is 0 Å². The van der Waals surface area contributed by atoms with E-state index in [1.54, 1.807) is 17.0 Å². The molecule has 2 rings (SSSR count). The fourth-order valence-electron chi connectivity index (χ4n) is 2.14. The van der Waals surface area contributed by atoms with Crippen LogP contribution in [-0.2, 0) is 4.79 Å². The third-order valence-corrected chi connectivity index (χ3v) is 3.74. The Kier molecular flexibility index (Phi) is 4.58. The Labute approximate surface area is 123 Å². The van der Waals surface area contributed by atoms with Crippen molar-refractivity contribution in [3.05, 3.63) is 23.2 Å². The van der Waals surface area contributed by atoms with Crippen molar-refractivity contribution >= 4 is 34.8 Å². The largest absolute Gasteiger partial charge is 0.489 e. The van der Waals surface area contributed by atoms with Crippen molar-refractivity contribution in [3.63, 3.8) is 0 Å². The number of nitrogens with zero attached hydrogens (tertiary/aromatic N) is 1. The number of rotatable bonds is 4. The summed E-state index contributed by atoms with van der Waals surface area (Å²) in [6.45, 7) is 4.54. The van der Waals surface area contributed by atoms with Crippen LogP contribution in [0.15, 0.2) is 18.2 Å². The van der Waals surface area contributed by atoms with Crippen LogP contribution >= 0.6 is 23.2 Å². The minimum atomic E-state index is 0.0670. The number of alkyl halides is 1. The second-order valence-electron chi connectivity index (χ2n) is 5.01. The molecule has 1 aromatic carbocycles. The van der Waals surface area contributed by atoms with Crippen molar-refractivity contribution < 1.29 is 9.53 Å². The van der Waals surface area contributed by atoms with E-state index < -0.39 is 0 Å². The number of carbonyl (C=O) groups excluding carboxylic acids is 1. The highest BCUT2D eigenvalue weighted by molar-refractivity contribution is 6.32. The Balaban J connectivity index is 2.18. The normalized spacial score (nSPS) is 19.3. The Bertz CT molecular complexity index is 477. The van der Waals surface area contributed by atoms with Gasteiger partial charge in [0, 0.05) is 24.5 Å². The van der Waals surface area contributed by atoms with Gasteiger partial charge in [0.2, 0.25) is 5.91 Å². The number of amides is 1. The van der Waals surface area contributed by atoms with Crippen LogP contribution in [0.4, 0.5) is 5.69 Å². The molecule has 1 saturated heterocycles. The van der Waals surface area contributed by atoms with Crippen LogP contribution in [0.5, 0.6) is 5.75 Å². The molecule has 0 radical (unpaired) electrons. The van der Waals surface area contributed by atoms with Crippen LogP contribution in [0, 0.1) is 5.92 Å². The number of ether oxygens (including phenoxy) is 1. The van der Waals surface area contributed by atoms with Gasteiger partial charge in [-0.1, -0.05) is 11.6 Å². The molecule has 1 aliphatic rings. The molecule has 0 spiro atoms. The third-order valence-electron chi connectivity index (χ3n) is 3.01. The monoisotopic (exact) mass is 301 g/mol. The number of benzene rings is 1. The molecule has 1 heterocycles. The summed E-state index contributed by atoms with van der Waals surface area (Å²) in [4.78, 5) is 13.6. The molecule has 1 fully saturated rings. The van der Waals surface area contributed by atoms with Crippen LogP contribution in [0.25, 0.3) is 0 Å². The summed E-state index contributed by atoms with van der Waals surface area (Å²) in [6.07, 6.45) is 0.572. The van der Waals surface area contributed by atoms with Crippen LogP contribution in [-0.4, -0.2) is 24.4 Å². The predicted octanol–water partition coefficient (Wildman–Crippen LogP) is 3.72. The van der Waals surface area contributed by atoms with Gasteiger partial charge in [-0.05, 0) is 38.0 Å². The zero-order chi connectivity index (χ0) is 14.0. The lowest BCUT2D eigenvalue weighted by Gasteiger charge is -2.18. The van der Waals surface area contributed by atoms with Gasteiger partial charge in [-0.2, -0.15) is 0 Å². The molecule has 1 amide bonds. The molecule has 0 N–H and O–H groups in total. The fraction of sp³-hybridized carbons (Fsp3) is 0.500. The Morgan fingerprint density at radius 2 is 2.21 bits per heavy atom. The molecule has 1 aliphatic heterocycles. The lowest BCUT2D eigenvalue weighted by Crippen LogP contribution is -2.24. The first-order valence-electron chi connectivity index (χ1n) is 6.33. The van der Waals surface area contributed by atoms with E-state index in [0.717, 1.165) is 5.69 Å². The maximum atomic E-state index is 11.9. The average molecular weight is 302 g/mol. The van der Waals surface area contributed by atoms with Crippen LogP contribution in [0.1, 0.15) is 20.3 Å². The lowest BCUT2D eigenvalue weighted by atomic mass is 10.1. The van der Waals surface area contributed by atoms with Crippen molar-refractivity contribution in [3.8, 4) is 5.75 Å². The molecular weight excluding hydrogens is 285 g/mol. The minimum Gasteiger partial charge on any atom is -0.489 e. The average Bonchev–Trinajstić information content (AvgIpc) is 2.73. The molecule has 0 aromatic heterocycles. The summed E-state index contributed by atoms with van der Waals surface area (Å²) < 4.78 is 5.58. The summed E-state index contributed by atoms with van der Waals surface area (Å²) in [7, 11) is 0. The standard InChI is InChI=1S/C14H17Cl2NO2/c1-9(2)19-13-4-3-11(6-12(13)16)17-8-10(7-15)5-14(17)18/h3-4,6,9-10H,5,7-8H2,1-2H3. The highest BCUT2D eigenvalue weighted by atomic mass is 35.5. The summed E-state index contributed by atoms with van der Waals surface area (Å²) >= 11 is 12.0. The van der Waals surface area contributed by atoms with Crippen LogP contribution in [0.3, 0.4) is 0 Å². The lowest BCUT2D eigenvalue weighted by molar-refractivity contribution is -0.117. The number of anilines is 1. The van der Waals surface area contributed by atoms with Gasteiger partial charge in [0.05, 0.1) is 11.1 Å². The molecule has 104 valence electrons. The summed E-state index contributed by atoms with van der Waals surface area (Å²) in [5.74, 6) is 1.46. The SMILES string of the molecule is CC(C)Oc1ccc(N2CC(CCl)CC2=O)cc1Cl. The van der Waals surface area contributed by atoms with Gasteiger partial charge in [-0.25, -0.2) is 0 Å². The molecule has 1 atom stereocenters. The molecule has 1 aromatic rings. The Morgan fingerprint density at radius 3 is 2.74 bits per heavy atom. The topological polar surface area (TPSA) is 29.5 Å². The second kappa shape index (κ2) is 6.02. The first kappa shape index (κ1) is 14.5. The maximum Gasteiger partial charge on any atom is 0.227 e. The zero-order valence-corrected chi connectivity index (χ0v) is 12.5. The summed E-state index contributed by atoms with van der Waals surface area (Å²) in [6, 6.07) is 5.44. The summed E-state index contributed by atoms with van der Waals surface area (Å²) in [5, 5.41) is 0.522. The zero-order valence-electron chi connectivity index (χ0n) is 11.0. The highest BCUT2D eigenvalue weighted by Crippen LogP contribution is 2.33. The molecule has 19 heavy (non-hydrogen) atoms. The third kappa shape index (κ3) is 3.34.